The van der Waals surface area contributed by atoms with Gasteiger partial charge in [0.1, 0.15) is 6.04 Å². The Morgan fingerprint density at radius 3 is 2.70 bits per heavy atom. The normalized spacial score (nSPS) is 11.4. The van der Waals surface area contributed by atoms with Crippen LogP contribution in [-0.2, 0) is 14.3 Å². The number of urea groups is 1. The molecular formula is C15H21N3O4S. The first-order valence-electron chi connectivity index (χ1n) is 7.00. The second-order valence-electron chi connectivity index (χ2n) is 4.87. The highest BCUT2D eigenvalue weighted by molar-refractivity contribution is 7.98. The summed E-state index contributed by atoms with van der Waals surface area (Å²) in [5.74, 6) is -0.487. The lowest BCUT2D eigenvalue weighted by Crippen LogP contribution is -2.45. The van der Waals surface area contributed by atoms with E-state index in [1.54, 1.807) is 12.1 Å². The van der Waals surface area contributed by atoms with Crippen LogP contribution in [0.4, 0.5) is 10.5 Å². The Morgan fingerprint density at radius 1 is 1.35 bits per heavy atom. The number of ether oxygens (including phenoxy) is 1. The third-order valence-corrected chi connectivity index (χ3v) is 3.50. The molecule has 1 aromatic rings. The predicted octanol–water partition coefficient (Wildman–Crippen LogP) is 1.27. The molecule has 0 aromatic heterocycles. The van der Waals surface area contributed by atoms with Gasteiger partial charge in [0.2, 0.25) is 0 Å². The van der Waals surface area contributed by atoms with Crippen molar-refractivity contribution in [3.05, 3.63) is 29.8 Å². The minimum Gasteiger partial charge on any atom is -0.454 e. The second kappa shape index (κ2) is 9.73. The summed E-state index contributed by atoms with van der Waals surface area (Å²) in [7, 11) is 0. The molecule has 0 fully saturated rings. The fraction of sp³-hybridized carbons (Fsp3) is 0.400. The summed E-state index contributed by atoms with van der Waals surface area (Å²) in [4.78, 5) is 34.6. The molecule has 3 amide bonds. The number of esters is 1. The van der Waals surface area contributed by atoms with Crippen LogP contribution >= 0.6 is 11.8 Å². The van der Waals surface area contributed by atoms with Crippen molar-refractivity contribution in [2.75, 3.05) is 23.9 Å². The van der Waals surface area contributed by atoms with E-state index in [1.165, 1.54) is 11.8 Å². The Balaban J connectivity index is 2.48. The number of anilines is 1. The van der Waals surface area contributed by atoms with Gasteiger partial charge in [0.15, 0.2) is 6.61 Å². The number of hydrogen-bond acceptors (Lipinski definition) is 5. The van der Waals surface area contributed by atoms with Crippen molar-refractivity contribution in [2.45, 2.75) is 19.4 Å². The molecule has 0 heterocycles. The molecule has 1 rings (SSSR count). The summed E-state index contributed by atoms with van der Waals surface area (Å²) < 4.78 is 4.94. The van der Waals surface area contributed by atoms with E-state index < -0.39 is 30.6 Å². The molecular weight excluding hydrogens is 318 g/mol. The third kappa shape index (κ3) is 7.55. The fourth-order valence-corrected chi connectivity index (χ4v) is 2.28. The summed E-state index contributed by atoms with van der Waals surface area (Å²) in [5.41, 5.74) is 6.66. The van der Waals surface area contributed by atoms with Crippen molar-refractivity contribution < 1.29 is 19.1 Å². The molecule has 7 nitrogen and oxygen atoms in total. The highest BCUT2D eigenvalue weighted by Gasteiger charge is 2.21. The Kier molecular flexibility index (Phi) is 7.96. The minimum atomic E-state index is -0.855. The molecule has 1 aromatic carbocycles. The Morgan fingerprint density at radius 2 is 2.09 bits per heavy atom. The maximum atomic E-state index is 11.9. The Bertz CT molecular complexity index is 565. The number of thioether (sulfide) groups is 1. The summed E-state index contributed by atoms with van der Waals surface area (Å²) in [5, 5.41) is 4.94. The molecule has 0 bridgehead atoms. The van der Waals surface area contributed by atoms with Gasteiger partial charge in [-0.15, -0.1) is 0 Å². The van der Waals surface area contributed by atoms with E-state index in [0.717, 1.165) is 5.56 Å². The van der Waals surface area contributed by atoms with Gasteiger partial charge in [-0.25, -0.2) is 9.59 Å². The van der Waals surface area contributed by atoms with Crippen molar-refractivity contribution in [1.29, 1.82) is 0 Å². The minimum absolute atomic E-state index is 0.377. The SMILES string of the molecule is CSCC[C@H](NC(N)=O)C(=O)OCC(=O)Nc1cccc(C)c1. The van der Waals surface area contributed by atoms with Crippen LogP contribution in [0.15, 0.2) is 24.3 Å². The molecule has 1 atom stereocenters. The summed E-state index contributed by atoms with van der Waals surface area (Å²) in [6.07, 6.45) is 2.25. The zero-order chi connectivity index (χ0) is 17.2. The van der Waals surface area contributed by atoms with Crippen LogP contribution in [0.5, 0.6) is 0 Å². The molecule has 4 N–H and O–H groups in total. The first kappa shape index (κ1) is 18.8. The van der Waals surface area contributed by atoms with Crippen LogP contribution in [0, 0.1) is 6.92 Å². The van der Waals surface area contributed by atoms with Crippen LogP contribution < -0.4 is 16.4 Å². The first-order chi connectivity index (χ1) is 10.9. The number of hydrogen-bond donors (Lipinski definition) is 3. The lowest BCUT2D eigenvalue weighted by molar-refractivity contribution is -0.149. The van der Waals surface area contributed by atoms with Crippen molar-refractivity contribution in [3.8, 4) is 0 Å². The summed E-state index contributed by atoms with van der Waals surface area (Å²) >= 11 is 1.52. The molecule has 0 unspecified atom stereocenters. The molecule has 8 heteroatoms. The van der Waals surface area contributed by atoms with E-state index in [1.807, 2.05) is 25.3 Å². The highest BCUT2D eigenvalue weighted by atomic mass is 32.2. The van der Waals surface area contributed by atoms with Crippen LogP contribution in [0.3, 0.4) is 0 Å². The topological polar surface area (TPSA) is 111 Å². The van der Waals surface area contributed by atoms with Gasteiger partial charge in [-0.05, 0) is 43.0 Å². The van der Waals surface area contributed by atoms with Crippen molar-refractivity contribution in [2.24, 2.45) is 5.73 Å². The van der Waals surface area contributed by atoms with Crippen LogP contribution in [0.1, 0.15) is 12.0 Å². The maximum Gasteiger partial charge on any atom is 0.329 e. The van der Waals surface area contributed by atoms with E-state index >= 15 is 0 Å². The van der Waals surface area contributed by atoms with Gasteiger partial charge in [-0.3, -0.25) is 4.79 Å². The monoisotopic (exact) mass is 339 g/mol. The van der Waals surface area contributed by atoms with E-state index in [9.17, 15) is 14.4 Å². The average Bonchev–Trinajstić information content (AvgIpc) is 2.48. The number of carbonyl (C=O) groups is 3. The Labute approximate surface area is 139 Å². The van der Waals surface area contributed by atoms with Gasteiger partial charge in [-0.1, -0.05) is 12.1 Å². The number of primary amides is 1. The van der Waals surface area contributed by atoms with Gasteiger partial charge in [-0.2, -0.15) is 11.8 Å². The Hall–Kier alpha value is -2.22. The quantitative estimate of drug-likeness (QED) is 0.618. The predicted molar refractivity (Wildman–Crippen MR) is 90.3 cm³/mol. The number of nitrogens with one attached hydrogen (secondary N) is 2. The van der Waals surface area contributed by atoms with E-state index in [0.29, 0.717) is 17.9 Å². The zero-order valence-corrected chi connectivity index (χ0v) is 13.9. The second-order valence-corrected chi connectivity index (χ2v) is 5.85. The number of carbonyl (C=O) groups excluding carboxylic acids is 3. The zero-order valence-electron chi connectivity index (χ0n) is 13.1. The van der Waals surface area contributed by atoms with Crippen molar-refractivity contribution in [3.63, 3.8) is 0 Å². The van der Waals surface area contributed by atoms with Gasteiger partial charge >= 0.3 is 12.0 Å². The number of nitrogens with two attached hydrogens (primary N) is 1. The summed E-state index contributed by atoms with van der Waals surface area (Å²) in [6, 6.07) is 5.59. The first-order valence-corrected chi connectivity index (χ1v) is 8.40. The van der Waals surface area contributed by atoms with Crippen molar-refractivity contribution in [1.82, 2.24) is 5.32 Å². The van der Waals surface area contributed by atoms with Crippen molar-refractivity contribution >= 4 is 35.4 Å². The molecule has 23 heavy (non-hydrogen) atoms. The number of aryl methyl sites for hydroxylation is 1. The van der Waals surface area contributed by atoms with E-state index in [4.69, 9.17) is 10.5 Å². The lowest BCUT2D eigenvalue weighted by atomic mass is 10.2. The van der Waals surface area contributed by atoms with Crippen LogP contribution in [0.25, 0.3) is 0 Å². The molecule has 0 aliphatic heterocycles. The molecule has 0 saturated heterocycles. The molecule has 0 aliphatic carbocycles. The molecule has 0 aliphatic rings. The molecule has 0 spiro atoms. The largest absolute Gasteiger partial charge is 0.454 e. The lowest BCUT2D eigenvalue weighted by Gasteiger charge is -2.15. The number of benzene rings is 1. The average molecular weight is 339 g/mol. The standard InChI is InChI=1S/C15H21N3O4S/c1-10-4-3-5-11(8-10)17-13(19)9-22-14(20)12(6-7-23-2)18-15(16)21/h3-5,8,12H,6-7,9H2,1-2H3,(H,17,19)(H3,16,18,21)/t12-/m0/s1. The molecule has 0 radical (unpaired) electrons. The van der Waals surface area contributed by atoms with Gasteiger partial charge < -0.3 is 21.1 Å². The van der Waals surface area contributed by atoms with Crippen LogP contribution in [-0.4, -0.2) is 42.6 Å². The third-order valence-electron chi connectivity index (χ3n) is 2.86. The smallest absolute Gasteiger partial charge is 0.329 e. The van der Waals surface area contributed by atoms with E-state index in [2.05, 4.69) is 10.6 Å². The van der Waals surface area contributed by atoms with Gasteiger partial charge in [0.25, 0.3) is 5.91 Å². The highest BCUT2D eigenvalue weighted by Crippen LogP contribution is 2.09. The number of rotatable bonds is 8. The fourth-order valence-electron chi connectivity index (χ4n) is 1.81. The van der Waals surface area contributed by atoms with Gasteiger partial charge in [0.05, 0.1) is 0 Å². The van der Waals surface area contributed by atoms with Gasteiger partial charge in [0, 0.05) is 5.69 Å². The van der Waals surface area contributed by atoms with E-state index in [-0.39, 0.29) is 0 Å². The molecule has 126 valence electrons. The summed E-state index contributed by atoms with van der Waals surface area (Å²) in [6.45, 7) is 1.48. The maximum absolute atomic E-state index is 11.9. The molecule has 0 saturated carbocycles. The number of amides is 3. The van der Waals surface area contributed by atoms with Crippen LogP contribution in [0.2, 0.25) is 0 Å².